The van der Waals surface area contributed by atoms with Gasteiger partial charge in [-0.15, -0.1) is 0 Å². The van der Waals surface area contributed by atoms with Gasteiger partial charge in [-0.1, -0.05) is 26.0 Å². The van der Waals surface area contributed by atoms with E-state index in [4.69, 9.17) is 5.26 Å². The zero-order valence-corrected chi connectivity index (χ0v) is 11.7. The molecule has 0 aliphatic rings. The van der Waals surface area contributed by atoms with Crippen LogP contribution in [0.25, 0.3) is 0 Å². The minimum Gasteiger partial charge on any atom is -0.302 e. The molecule has 92 valence electrons. The van der Waals surface area contributed by atoms with Crippen molar-refractivity contribution >= 4 is 12.6 Å². The van der Waals surface area contributed by atoms with Gasteiger partial charge < -0.3 is 4.90 Å². The molecular formula is C14H20N2S. The van der Waals surface area contributed by atoms with E-state index in [1.165, 1.54) is 5.56 Å². The molecule has 2 nitrogen and oxygen atoms in total. The average molecular weight is 248 g/mol. The molecule has 0 atom stereocenters. The fourth-order valence-electron chi connectivity index (χ4n) is 1.89. The third kappa shape index (κ3) is 4.80. The van der Waals surface area contributed by atoms with E-state index < -0.39 is 0 Å². The van der Waals surface area contributed by atoms with Gasteiger partial charge in [-0.25, -0.2) is 0 Å². The van der Waals surface area contributed by atoms with Crippen LogP contribution in [0.5, 0.6) is 0 Å². The van der Waals surface area contributed by atoms with Gasteiger partial charge in [0.2, 0.25) is 0 Å². The number of rotatable bonds is 5. The van der Waals surface area contributed by atoms with Crippen molar-refractivity contribution < 1.29 is 0 Å². The van der Waals surface area contributed by atoms with Crippen molar-refractivity contribution in [3.05, 3.63) is 35.4 Å². The quantitative estimate of drug-likeness (QED) is 0.811. The summed E-state index contributed by atoms with van der Waals surface area (Å²) in [5.74, 6) is 0.871. The molecule has 0 N–H and O–H groups in total. The highest BCUT2D eigenvalue weighted by atomic mass is 32.1. The van der Waals surface area contributed by atoms with Crippen LogP contribution < -0.4 is 0 Å². The first-order valence-corrected chi connectivity index (χ1v) is 6.38. The van der Waals surface area contributed by atoms with Crippen molar-refractivity contribution in [2.75, 3.05) is 19.3 Å². The molecule has 0 saturated carbocycles. The van der Waals surface area contributed by atoms with Crippen molar-refractivity contribution in [1.29, 1.82) is 5.26 Å². The van der Waals surface area contributed by atoms with Gasteiger partial charge in [0.1, 0.15) is 0 Å². The van der Waals surface area contributed by atoms with Crippen LogP contribution in [0.3, 0.4) is 0 Å². The topological polar surface area (TPSA) is 27.0 Å². The molecule has 0 aliphatic carbocycles. The van der Waals surface area contributed by atoms with E-state index in [0.717, 1.165) is 24.4 Å². The second-order valence-electron chi connectivity index (χ2n) is 5.31. The van der Waals surface area contributed by atoms with Crippen molar-refractivity contribution in [3.63, 3.8) is 0 Å². The van der Waals surface area contributed by atoms with Gasteiger partial charge in [-0.3, -0.25) is 0 Å². The van der Waals surface area contributed by atoms with Gasteiger partial charge in [0, 0.05) is 13.1 Å². The molecule has 0 radical (unpaired) electrons. The molecule has 0 aromatic heterocycles. The van der Waals surface area contributed by atoms with Crippen molar-refractivity contribution in [3.8, 4) is 6.07 Å². The van der Waals surface area contributed by atoms with Crippen molar-refractivity contribution in [2.45, 2.75) is 20.4 Å². The van der Waals surface area contributed by atoms with Gasteiger partial charge in [-0.05, 0) is 35.9 Å². The van der Waals surface area contributed by atoms with Gasteiger partial charge >= 0.3 is 0 Å². The van der Waals surface area contributed by atoms with Crippen LogP contribution in [0.1, 0.15) is 25.0 Å². The maximum atomic E-state index is 8.85. The molecule has 1 aromatic rings. The van der Waals surface area contributed by atoms with Crippen LogP contribution in [0.15, 0.2) is 24.3 Å². The molecule has 0 unspecified atom stereocenters. The lowest BCUT2D eigenvalue weighted by Crippen LogP contribution is -2.32. The lowest BCUT2D eigenvalue weighted by atomic mass is 9.95. The molecule has 0 saturated heterocycles. The monoisotopic (exact) mass is 248 g/mol. The van der Waals surface area contributed by atoms with Gasteiger partial charge in [0.05, 0.1) is 11.6 Å². The first kappa shape index (κ1) is 14.1. The lowest BCUT2D eigenvalue weighted by molar-refractivity contribution is 0.225. The van der Waals surface area contributed by atoms with E-state index in [9.17, 15) is 0 Å². The van der Waals surface area contributed by atoms with Crippen LogP contribution in [0.4, 0.5) is 0 Å². The predicted octanol–water partition coefficient (Wildman–Crippen LogP) is 2.95. The van der Waals surface area contributed by atoms with Crippen LogP contribution >= 0.6 is 12.6 Å². The highest BCUT2D eigenvalue weighted by Gasteiger charge is 2.18. The smallest absolute Gasteiger partial charge is 0.0991 e. The summed E-state index contributed by atoms with van der Waals surface area (Å²) in [6.45, 7) is 6.28. The highest BCUT2D eigenvalue weighted by molar-refractivity contribution is 7.80. The lowest BCUT2D eigenvalue weighted by Gasteiger charge is -2.28. The molecule has 0 spiro atoms. The maximum Gasteiger partial charge on any atom is 0.0991 e. The molecule has 0 fully saturated rings. The van der Waals surface area contributed by atoms with E-state index in [0.29, 0.717) is 0 Å². The molecule has 0 amide bonds. The summed E-state index contributed by atoms with van der Waals surface area (Å²) >= 11 is 4.36. The fraction of sp³-hybridized carbons (Fsp3) is 0.500. The summed E-state index contributed by atoms with van der Waals surface area (Å²) in [5.41, 5.74) is 2.12. The minimum absolute atomic E-state index is 0.213. The summed E-state index contributed by atoms with van der Waals surface area (Å²) < 4.78 is 0. The Morgan fingerprint density at radius 3 is 2.71 bits per heavy atom. The van der Waals surface area contributed by atoms with Crippen LogP contribution in [0, 0.1) is 16.7 Å². The third-order valence-corrected chi connectivity index (χ3v) is 3.49. The second-order valence-corrected chi connectivity index (χ2v) is 5.62. The van der Waals surface area contributed by atoms with Crippen LogP contribution in [0.2, 0.25) is 0 Å². The largest absolute Gasteiger partial charge is 0.302 e. The molecular weight excluding hydrogens is 228 g/mol. The first-order valence-electron chi connectivity index (χ1n) is 5.75. The normalized spacial score (nSPS) is 11.5. The number of nitrogens with zero attached hydrogens (tertiary/aromatic N) is 2. The van der Waals surface area contributed by atoms with E-state index >= 15 is 0 Å². The minimum atomic E-state index is 0.213. The Kier molecular flexibility index (Phi) is 5.04. The van der Waals surface area contributed by atoms with Crippen molar-refractivity contribution in [2.24, 2.45) is 5.41 Å². The SMILES string of the molecule is CN(Cc1cccc(C#N)c1)CC(C)(C)CS. The predicted molar refractivity (Wildman–Crippen MR) is 75.1 cm³/mol. The Morgan fingerprint density at radius 1 is 1.41 bits per heavy atom. The second kappa shape index (κ2) is 6.09. The van der Waals surface area contributed by atoms with E-state index in [1.807, 2.05) is 18.2 Å². The summed E-state index contributed by atoms with van der Waals surface area (Å²) in [5, 5.41) is 8.85. The maximum absolute atomic E-state index is 8.85. The summed E-state index contributed by atoms with van der Waals surface area (Å²) in [7, 11) is 2.10. The summed E-state index contributed by atoms with van der Waals surface area (Å²) in [4.78, 5) is 2.27. The summed E-state index contributed by atoms with van der Waals surface area (Å²) in [6.07, 6.45) is 0. The molecule has 17 heavy (non-hydrogen) atoms. The van der Waals surface area contributed by atoms with E-state index in [2.05, 4.69) is 50.6 Å². The van der Waals surface area contributed by atoms with Crippen LogP contribution in [-0.2, 0) is 6.54 Å². The van der Waals surface area contributed by atoms with Gasteiger partial charge in [0.15, 0.2) is 0 Å². The molecule has 3 heteroatoms. The number of hydrogen-bond donors (Lipinski definition) is 1. The zero-order chi connectivity index (χ0) is 12.9. The molecule has 1 rings (SSSR count). The number of benzene rings is 1. The van der Waals surface area contributed by atoms with Crippen LogP contribution in [-0.4, -0.2) is 24.2 Å². The molecule has 0 aliphatic heterocycles. The standard InChI is InChI=1S/C14H20N2S/c1-14(2,11-17)10-16(3)9-13-6-4-5-12(7-13)8-15/h4-7,17H,9-11H2,1-3H3. The van der Waals surface area contributed by atoms with E-state index in [-0.39, 0.29) is 5.41 Å². The summed E-state index contributed by atoms with van der Waals surface area (Å²) in [6, 6.07) is 9.95. The molecule has 0 bridgehead atoms. The Morgan fingerprint density at radius 2 is 2.12 bits per heavy atom. The molecule has 0 heterocycles. The third-order valence-electron chi connectivity index (χ3n) is 2.63. The number of hydrogen-bond acceptors (Lipinski definition) is 3. The van der Waals surface area contributed by atoms with Gasteiger partial charge in [0.25, 0.3) is 0 Å². The van der Waals surface area contributed by atoms with Crippen molar-refractivity contribution in [1.82, 2.24) is 4.90 Å². The zero-order valence-electron chi connectivity index (χ0n) is 10.8. The Labute approximate surface area is 110 Å². The average Bonchev–Trinajstić information content (AvgIpc) is 2.28. The highest BCUT2D eigenvalue weighted by Crippen LogP contribution is 2.19. The molecule has 1 aromatic carbocycles. The Bertz CT molecular complexity index is 407. The Hall–Kier alpha value is -0.980. The van der Waals surface area contributed by atoms with Gasteiger partial charge in [-0.2, -0.15) is 17.9 Å². The Balaban J connectivity index is 2.62. The van der Waals surface area contributed by atoms with E-state index in [1.54, 1.807) is 0 Å². The number of nitriles is 1. The number of thiol groups is 1. The fourth-order valence-corrected chi connectivity index (χ4v) is 1.99. The first-order chi connectivity index (χ1) is 7.96.